The van der Waals surface area contributed by atoms with Crippen molar-refractivity contribution >= 4 is 17.5 Å². The van der Waals surface area contributed by atoms with E-state index in [-0.39, 0.29) is 11.6 Å². The Morgan fingerprint density at radius 1 is 1.40 bits per heavy atom. The molecule has 0 atom stereocenters. The van der Waals surface area contributed by atoms with E-state index in [1.54, 1.807) is 0 Å². The quantitative estimate of drug-likeness (QED) is 0.848. The van der Waals surface area contributed by atoms with Gasteiger partial charge >= 0.3 is 0 Å². The second-order valence-electron chi connectivity index (χ2n) is 2.84. The van der Waals surface area contributed by atoms with E-state index in [9.17, 15) is 4.39 Å². The summed E-state index contributed by atoms with van der Waals surface area (Å²) in [6.45, 7) is 0. The zero-order chi connectivity index (χ0) is 10.8. The minimum atomic E-state index is -0.363. The zero-order valence-electron chi connectivity index (χ0n) is 7.90. The molecule has 0 saturated carbocycles. The van der Waals surface area contributed by atoms with Gasteiger partial charge in [0.05, 0.1) is 24.4 Å². The maximum absolute atomic E-state index is 13.1. The SMILES string of the molecule is COc1ccc(F)cc1-c1nsnc1N. The van der Waals surface area contributed by atoms with Crippen LogP contribution in [0.4, 0.5) is 10.2 Å². The molecular weight excluding hydrogens is 217 g/mol. The number of methoxy groups -OCH3 is 1. The summed E-state index contributed by atoms with van der Waals surface area (Å²) in [5.41, 5.74) is 6.58. The van der Waals surface area contributed by atoms with E-state index in [1.807, 2.05) is 0 Å². The van der Waals surface area contributed by atoms with E-state index in [0.717, 1.165) is 11.7 Å². The number of rotatable bonds is 2. The van der Waals surface area contributed by atoms with Gasteiger partial charge in [-0.1, -0.05) is 0 Å². The van der Waals surface area contributed by atoms with Crippen LogP contribution in [0.25, 0.3) is 11.3 Å². The molecule has 0 amide bonds. The summed E-state index contributed by atoms with van der Waals surface area (Å²) in [6, 6.07) is 4.17. The van der Waals surface area contributed by atoms with Crippen molar-refractivity contribution in [3.8, 4) is 17.0 Å². The number of anilines is 1. The Bertz CT molecular complexity index is 486. The highest BCUT2D eigenvalue weighted by atomic mass is 32.1. The van der Waals surface area contributed by atoms with E-state index in [0.29, 0.717) is 17.0 Å². The fourth-order valence-corrected chi connectivity index (χ4v) is 1.74. The molecule has 2 aromatic rings. The summed E-state index contributed by atoms with van der Waals surface area (Å²) < 4.78 is 26.0. The standard InChI is InChI=1S/C9H8FN3OS/c1-14-7-3-2-5(10)4-6(7)8-9(11)13-15-12-8/h2-4H,1H3,(H2,11,13). The molecule has 0 unspecified atom stereocenters. The van der Waals surface area contributed by atoms with Crippen LogP contribution in [0.5, 0.6) is 5.75 Å². The molecule has 0 aliphatic rings. The normalized spacial score (nSPS) is 10.3. The summed E-state index contributed by atoms with van der Waals surface area (Å²) in [5, 5.41) is 0. The minimum absolute atomic E-state index is 0.281. The van der Waals surface area contributed by atoms with E-state index < -0.39 is 0 Å². The van der Waals surface area contributed by atoms with Gasteiger partial charge in [-0.15, -0.1) is 0 Å². The summed E-state index contributed by atoms with van der Waals surface area (Å²) in [7, 11) is 1.51. The lowest BCUT2D eigenvalue weighted by atomic mass is 10.1. The van der Waals surface area contributed by atoms with Crippen molar-refractivity contribution in [2.24, 2.45) is 0 Å². The molecule has 15 heavy (non-hydrogen) atoms. The monoisotopic (exact) mass is 225 g/mol. The lowest BCUT2D eigenvalue weighted by molar-refractivity contribution is 0.415. The van der Waals surface area contributed by atoms with Crippen LogP contribution in [0.2, 0.25) is 0 Å². The molecule has 0 fully saturated rings. The number of aromatic nitrogens is 2. The molecule has 6 heteroatoms. The Hall–Kier alpha value is -1.69. The van der Waals surface area contributed by atoms with Crippen molar-refractivity contribution in [1.82, 2.24) is 8.75 Å². The summed E-state index contributed by atoms with van der Waals surface area (Å²) >= 11 is 0.983. The third kappa shape index (κ3) is 1.75. The van der Waals surface area contributed by atoms with Crippen LogP contribution in [-0.2, 0) is 0 Å². The molecule has 78 valence electrons. The van der Waals surface area contributed by atoms with E-state index >= 15 is 0 Å². The predicted molar refractivity (Wildman–Crippen MR) is 56.3 cm³/mol. The number of benzene rings is 1. The highest BCUT2D eigenvalue weighted by Gasteiger charge is 2.13. The lowest BCUT2D eigenvalue weighted by Gasteiger charge is -2.05. The molecule has 2 N–H and O–H groups in total. The number of nitrogen functional groups attached to an aromatic ring is 1. The number of hydrogen-bond donors (Lipinski definition) is 1. The Balaban J connectivity index is 2.60. The first-order chi connectivity index (χ1) is 7.22. The predicted octanol–water partition coefficient (Wildman–Crippen LogP) is 1.93. The summed E-state index contributed by atoms with van der Waals surface area (Å²) in [4.78, 5) is 0. The molecule has 0 bridgehead atoms. The van der Waals surface area contributed by atoms with E-state index in [4.69, 9.17) is 10.5 Å². The molecule has 1 heterocycles. The first-order valence-electron chi connectivity index (χ1n) is 4.14. The maximum Gasteiger partial charge on any atom is 0.165 e. The molecule has 0 aliphatic heterocycles. The molecule has 1 aromatic heterocycles. The summed E-state index contributed by atoms with van der Waals surface area (Å²) in [6.07, 6.45) is 0. The molecule has 0 radical (unpaired) electrons. The van der Waals surface area contributed by atoms with Gasteiger partial charge in [0.2, 0.25) is 0 Å². The average molecular weight is 225 g/mol. The zero-order valence-corrected chi connectivity index (χ0v) is 8.71. The molecule has 0 saturated heterocycles. The molecular formula is C9H8FN3OS. The van der Waals surface area contributed by atoms with Crippen LogP contribution >= 0.6 is 11.7 Å². The number of hydrogen-bond acceptors (Lipinski definition) is 5. The Morgan fingerprint density at radius 2 is 2.20 bits per heavy atom. The molecule has 2 rings (SSSR count). The van der Waals surface area contributed by atoms with Crippen molar-refractivity contribution in [2.45, 2.75) is 0 Å². The minimum Gasteiger partial charge on any atom is -0.496 e. The van der Waals surface area contributed by atoms with Gasteiger partial charge in [0.1, 0.15) is 17.3 Å². The van der Waals surface area contributed by atoms with Crippen LogP contribution in [0, 0.1) is 5.82 Å². The third-order valence-corrected chi connectivity index (χ3v) is 2.47. The van der Waals surface area contributed by atoms with Crippen molar-refractivity contribution < 1.29 is 9.13 Å². The fraction of sp³-hybridized carbons (Fsp3) is 0.111. The fourth-order valence-electron chi connectivity index (χ4n) is 1.25. The Labute approximate surface area is 89.8 Å². The number of halogens is 1. The highest BCUT2D eigenvalue weighted by Crippen LogP contribution is 2.32. The van der Waals surface area contributed by atoms with Crippen molar-refractivity contribution in [3.63, 3.8) is 0 Å². The van der Waals surface area contributed by atoms with Gasteiger partial charge in [-0.3, -0.25) is 0 Å². The van der Waals surface area contributed by atoms with Crippen LogP contribution in [0.1, 0.15) is 0 Å². The van der Waals surface area contributed by atoms with Gasteiger partial charge in [-0.05, 0) is 18.2 Å². The van der Waals surface area contributed by atoms with Gasteiger partial charge in [-0.25, -0.2) is 4.39 Å². The molecule has 0 aliphatic carbocycles. The molecule has 1 aromatic carbocycles. The highest BCUT2D eigenvalue weighted by molar-refractivity contribution is 6.99. The van der Waals surface area contributed by atoms with Crippen molar-refractivity contribution in [2.75, 3.05) is 12.8 Å². The van der Waals surface area contributed by atoms with Crippen LogP contribution in [-0.4, -0.2) is 15.9 Å². The largest absolute Gasteiger partial charge is 0.496 e. The van der Waals surface area contributed by atoms with Crippen LogP contribution in [0.15, 0.2) is 18.2 Å². The Morgan fingerprint density at radius 3 is 2.80 bits per heavy atom. The average Bonchev–Trinajstić information content (AvgIpc) is 2.64. The second-order valence-corrected chi connectivity index (χ2v) is 3.37. The topological polar surface area (TPSA) is 61.0 Å². The maximum atomic E-state index is 13.1. The van der Waals surface area contributed by atoms with Gasteiger partial charge in [-0.2, -0.15) is 8.75 Å². The number of nitrogens with two attached hydrogens (primary N) is 1. The number of ether oxygens (including phenoxy) is 1. The van der Waals surface area contributed by atoms with Gasteiger partial charge in [0, 0.05) is 0 Å². The Kier molecular flexibility index (Phi) is 2.51. The molecule has 4 nitrogen and oxygen atoms in total. The van der Waals surface area contributed by atoms with Crippen LogP contribution in [0.3, 0.4) is 0 Å². The van der Waals surface area contributed by atoms with Gasteiger partial charge < -0.3 is 10.5 Å². The number of nitrogens with zero attached hydrogens (tertiary/aromatic N) is 2. The first-order valence-corrected chi connectivity index (χ1v) is 4.87. The lowest BCUT2D eigenvalue weighted by Crippen LogP contribution is -1.93. The summed E-state index contributed by atoms with van der Waals surface area (Å²) in [5.74, 6) is 0.443. The van der Waals surface area contributed by atoms with Crippen molar-refractivity contribution in [1.29, 1.82) is 0 Å². The third-order valence-electron chi connectivity index (χ3n) is 1.93. The van der Waals surface area contributed by atoms with Crippen LogP contribution < -0.4 is 10.5 Å². The van der Waals surface area contributed by atoms with E-state index in [1.165, 1.54) is 25.3 Å². The second kappa shape index (κ2) is 3.82. The van der Waals surface area contributed by atoms with E-state index in [2.05, 4.69) is 8.75 Å². The van der Waals surface area contributed by atoms with Gasteiger partial charge in [0.15, 0.2) is 5.82 Å². The van der Waals surface area contributed by atoms with Crippen molar-refractivity contribution in [3.05, 3.63) is 24.0 Å². The molecule has 0 spiro atoms. The first kappa shape index (κ1) is 9.85. The van der Waals surface area contributed by atoms with Gasteiger partial charge in [0.25, 0.3) is 0 Å². The smallest absolute Gasteiger partial charge is 0.165 e.